The maximum absolute atomic E-state index is 8.92. The fraction of sp³-hybridized carbons (Fsp3) is 1.00. The highest BCUT2D eigenvalue weighted by atomic mass is 16.5. The van der Waals surface area contributed by atoms with Gasteiger partial charge < -0.3 is 9.84 Å². The smallest absolute Gasteiger partial charge is 0.0558 e. The van der Waals surface area contributed by atoms with Crippen molar-refractivity contribution in [3.63, 3.8) is 0 Å². The third-order valence-electron chi connectivity index (χ3n) is 2.61. The molecule has 13 heavy (non-hydrogen) atoms. The minimum absolute atomic E-state index is 0.275. The van der Waals surface area contributed by atoms with Crippen molar-refractivity contribution in [2.45, 2.75) is 32.2 Å². The maximum Gasteiger partial charge on any atom is 0.0558 e. The topological polar surface area (TPSA) is 32.7 Å². The molecule has 0 aromatic carbocycles. The molecule has 0 amide bonds. The average molecular weight is 187 g/mol. The Morgan fingerprint density at radius 3 is 2.54 bits per heavy atom. The molecule has 78 valence electrons. The van der Waals surface area contributed by atoms with E-state index in [1.165, 1.54) is 0 Å². The van der Waals surface area contributed by atoms with Crippen LogP contribution in [0.2, 0.25) is 0 Å². The molecule has 0 aromatic heterocycles. The lowest BCUT2D eigenvalue weighted by molar-refractivity contribution is 0.0281. The Balaban J connectivity index is 2.32. The Hall–Kier alpha value is -0.120. The summed E-state index contributed by atoms with van der Waals surface area (Å²) in [4.78, 5) is 2.39. The zero-order valence-corrected chi connectivity index (χ0v) is 8.54. The van der Waals surface area contributed by atoms with Crippen LogP contribution in [0.25, 0.3) is 0 Å². The zero-order chi connectivity index (χ0) is 9.52. The van der Waals surface area contributed by atoms with E-state index < -0.39 is 0 Å². The molecule has 0 radical (unpaired) electrons. The van der Waals surface area contributed by atoms with Crippen LogP contribution in [0, 0.1) is 0 Å². The van der Waals surface area contributed by atoms with E-state index in [1.807, 2.05) is 0 Å². The van der Waals surface area contributed by atoms with Gasteiger partial charge in [-0.25, -0.2) is 0 Å². The van der Waals surface area contributed by atoms with E-state index in [0.29, 0.717) is 6.04 Å². The highest BCUT2D eigenvalue weighted by molar-refractivity contribution is 4.73. The molecule has 1 rings (SSSR count). The first-order valence-corrected chi connectivity index (χ1v) is 5.31. The number of aliphatic hydroxyl groups excluding tert-OH is 1. The van der Waals surface area contributed by atoms with Gasteiger partial charge in [-0.3, -0.25) is 4.90 Å². The lowest BCUT2D eigenvalue weighted by atomic mass is 10.1. The molecule has 3 nitrogen and oxygen atoms in total. The summed E-state index contributed by atoms with van der Waals surface area (Å²) in [6, 6.07) is 0.640. The van der Waals surface area contributed by atoms with Crippen molar-refractivity contribution in [2.75, 3.05) is 32.9 Å². The summed E-state index contributed by atoms with van der Waals surface area (Å²) >= 11 is 0. The van der Waals surface area contributed by atoms with Crippen LogP contribution in [0.5, 0.6) is 0 Å². The number of aliphatic hydroxyl groups is 1. The summed E-state index contributed by atoms with van der Waals surface area (Å²) in [5, 5.41) is 8.92. The summed E-state index contributed by atoms with van der Waals surface area (Å²) < 4.78 is 5.32. The fourth-order valence-electron chi connectivity index (χ4n) is 1.94. The van der Waals surface area contributed by atoms with Crippen molar-refractivity contribution in [1.82, 2.24) is 4.90 Å². The Kier molecular flexibility index (Phi) is 5.35. The molecule has 0 unspecified atom stereocenters. The predicted molar refractivity (Wildman–Crippen MR) is 52.8 cm³/mol. The number of rotatable bonds is 5. The monoisotopic (exact) mass is 187 g/mol. The van der Waals surface area contributed by atoms with Crippen molar-refractivity contribution >= 4 is 0 Å². The molecule has 0 saturated carbocycles. The standard InChI is InChI=1S/C10H21NO2/c1-2-5-11(6-7-12)10-3-8-13-9-4-10/h10,12H,2-9H2,1H3. The summed E-state index contributed by atoms with van der Waals surface area (Å²) in [6.45, 7) is 6.15. The van der Waals surface area contributed by atoms with Gasteiger partial charge in [-0.15, -0.1) is 0 Å². The molecular formula is C10H21NO2. The van der Waals surface area contributed by atoms with E-state index in [4.69, 9.17) is 9.84 Å². The Morgan fingerprint density at radius 2 is 2.00 bits per heavy atom. The second-order valence-electron chi connectivity index (χ2n) is 3.60. The average Bonchev–Trinajstić information content (AvgIpc) is 2.19. The van der Waals surface area contributed by atoms with E-state index in [0.717, 1.165) is 45.6 Å². The molecule has 1 fully saturated rings. The van der Waals surface area contributed by atoms with Crippen LogP contribution in [-0.4, -0.2) is 49.0 Å². The van der Waals surface area contributed by atoms with Gasteiger partial charge in [0, 0.05) is 25.8 Å². The number of nitrogens with zero attached hydrogens (tertiary/aromatic N) is 1. The van der Waals surface area contributed by atoms with Gasteiger partial charge in [-0.1, -0.05) is 6.92 Å². The van der Waals surface area contributed by atoms with E-state index in [2.05, 4.69) is 11.8 Å². The van der Waals surface area contributed by atoms with Crippen LogP contribution < -0.4 is 0 Å². The van der Waals surface area contributed by atoms with Crippen molar-refractivity contribution in [3.8, 4) is 0 Å². The van der Waals surface area contributed by atoms with Crippen LogP contribution >= 0.6 is 0 Å². The van der Waals surface area contributed by atoms with Gasteiger partial charge in [0.05, 0.1) is 6.61 Å². The number of hydrogen-bond donors (Lipinski definition) is 1. The lowest BCUT2D eigenvalue weighted by Crippen LogP contribution is -2.41. The van der Waals surface area contributed by atoms with Crippen molar-refractivity contribution in [2.24, 2.45) is 0 Å². The SMILES string of the molecule is CCCN(CCO)C1CCOCC1. The first-order chi connectivity index (χ1) is 6.38. The normalized spacial score (nSPS) is 19.6. The van der Waals surface area contributed by atoms with Crippen LogP contribution in [0.3, 0.4) is 0 Å². The largest absolute Gasteiger partial charge is 0.395 e. The summed E-state index contributed by atoms with van der Waals surface area (Å²) in [5.74, 6) is 0. The van der Waals surface area contributed by atoms with Gasteiger partial charge in [0.2, 0.25) is 0 Å². The Bertz CT molecular complexity index is 118. The highest BCUT2D eigenvalue weighted by Gasteiger charge is 2.19. The van der Waals surface area contributed by atoms with Gasteiger partial charge in [-0.05, 0) is 25.8 Å². The fourth-order valence-corrected chi connectivity index (χ4v) is 1.94. The van der Waals surface area contributed by atoms with Gasteiger partial charge in [0.15, 0.2) is 0 Å². The molecule has 0 aliphatic carbocycles. The van der Waals surface area contributed by atoms with Crippen LogP contribution in [0.4, 0.5) is 0 Å². The van der Waals surface area contributed by atoms with E-state index >= 15 is 0 Å². The molecule has 1 N–H and O–H groups in total. The van der Waals surface area contributed by atoms with Gasteiger partial charge >= 0.3 is 0 Å². The first kappa shape index (κ1) is 11.0. The second kappa shape index (κ2) is 6.35. The van der Waals surface area contributed by atoms with E-state index in [1.54, 1.807) is 0 Å². The molecule has 0 atom stereocenters. The minimum Gasteiger partial charge on any atom is -0.395 e. The number of hydrogen-bond acceptors (Lipinski definition) is 3. The second-order valence-corrected chi connectivity index (χ2v) is 3.60. The van der Waals surface area contributed by atoms with Crippen LogP contribution in [0.15, 0.2) is 0 Å². The number of ether oxygens (including phenoxy) is 1. The van der Waals surface area contributed by atoms with E-state index in [-0.39, 0.29) is 6.61 Å². The molecule has 0 aromatic rings. The predicted octanol–water partition coefficient (Wildman–Crippen LogP) is 0.870. The molecule has 0 spiro atoms. The first-order valence-electron chi connectivity index (χ1n) is 5.31. The Morgan fingerprint density at radius 1 is 1.31 bits per heavy atom. The molecule has 3 heteroatoms. The van der Waals surface area contributed by atoms with Gasteiger partial charge in [0.1, 0.15) is 0 Å². The third-order valence-corrected chi connectivity index (χ3v) is 2.61. The summed E-state index contributed by atoms with van der Waals surface area (Å²) in [5.41, 5.74) is 0. The molecule has 1 aliphatic heterocycles. The van der Waals surface area contributed by atoms with E-state index in [9.17, 15) is 0 Å². The maximum atomic E-state index is 8.92. The molecule has 1 saturated heterocycles. The van der Waals surface area contributed by atoms with Gasteiger partial charge in [-0.2, -0.15) is 0 Å². The minimum atomic E-state index is 0.275. The Labute approximate surface area is 80.7 Å². The van der Waals surface area contributed by atoms with Gasteiger partial charge in [0.25, 0.3) is 0 Å². The molecule has 0 bridgehead atoms. The molecular weight excluding hydrogens is 166 g/mol. The quantitative estimate of drug-likeness (QED) is 0.693. The lowest BCUT2D eigenvalue weighted by Gasteiger charge is -2.33. The van der Waals surface area contributed by atoms with Crippen molar-refractivity contribution < 1.29 is 9.84 Å². The van der Waals surface area contributed by atoms with Crippen LogP contribution in [-0.2, 0) is 4.74 Å². The molecule has 1 heterocycles. The summed E-state index contributed by atoms with van der Waals surface area (Å²) in [7, 11) is 0. The van der Waals surface area contributed by atoms with Crippen molar-refractivity contribution in [3.05, 3.63) is 0 Å². The van der Waals surface area contributed by atoms with Crippen molar-refractivity contribution in [1.29, 1.82) is 0 Å². The third kappa shape index (κ3) is 3.63. The van der Waals surface area contributed by atoms with Crippen LogP contribution in [0.1, 0.15) is 26.2 Å². The zero-order valence-electron chi connectivity index (χ0n) is 8.54. The summed E-state index contributed by atoms with van der Waals surface area (Å²) in [6.07, 6.45) is 3.41. The molecule has 1 aliphatic rings. The highest BCUT2D eigenvalue weighted by Crippen LogP contribution is 2.14.